The molecule has 0 fully saturated rings. The molecular weight excluding hydrogens is 244 g/mol. The summed E-state index contributed by atoms with van der Waals surface area (Å²) in [5.41, 5.74) is 3.61. The van der Waals surface area contributed by atoms with E-state index in [0.29, 0.717) is 13.0 Å². The molecule has 0 aliphatic heterocycles. The molecule has 17 heavy (non-hydrogen) atoms. The van der Waals surface area contributed by atoms with Gasteiger partial charge in [0.2, 0.25) is 0 Å². The molecule has 2 nitrogen and oxygen atoms in total. The van der Waals surface area contributed by atoms with Crippen LogP contribution >= 0.6 is 0 Å². The van der Waals surface area contributed by atoms with Crippen molar-refractivity contribution in [2.75, 3.05) is 6.61 Å². The zero-order chi connectivity index (χ0) is 13.7. The van der Waals surface area contributed by atoms with Crippen LogP contribution in [0.5, 0.6) is 0 Å². The summed E-state index contributed by atoms with van der Waals surface area (Å²) in [6.07, 6.45) is 0.459. The molecule has 0 N–H and O–H groups in total. The third-order valence-corrected chi connectivity index (χ3v) is 5.68. The lowest BCUT2D eigenvalue weighted by atomic mass is 10.3. The molecule has 1 atom stereocenters. The highest BCUT2D eigenvalue weighted by molar-refractivity contribution is 6.84. The summed E-state index contributed by atoms with van der Waals surface area (Å²) in [6, 6.07) is 0. The average molecular weight is 271 g/mol. The predicted molar refractivity (Wildman–Crippen MR) is 79.5 cm³/mol. The molecule has 0 saturated carbocycles. The molecule has 0 rings (SSSR count). The van der Waals surface area contributed by atoms with Crippen LogP contribution in [-0.2, 0) is 9.53 Å². The highest BCUT2D eigenvalue weighted by Gasteiger charge is 2.28. The van der Waals surface area contributed by atoms with E-state index in [1.54, 1.807) is 0 Å². The van der Waals surface area contributed by atoms with E-state index in [9.17, 15) is 4.79 Å². The summed E-state index contributed by atoms with van der Waals surface area (Å²) in [5.74, 6) is 3.25. The van der Waals surface area contributed by atoms with Gasteiger partial charge in [0.25, 0.3) is 0 Å². The average Bonchev–Trinajstić information content (AvgIpc) is 2.09. The molecule has 0 aliphatic carbocycles. The number of hydrogen-bond donors (Lipinski definition) is 0. The highest BCUT2D eigenvalue weighted by Crippen LogP contribution is 2.25. The second-order valence-electron chi connectivity index (χ2n) is 6.45. The number of carbonyl (C=O) groups is 1. The van der Waals surface area contributed by atoms with E-state index in [1.165, 1.54) is 0 Å². The van der Waals surface area contributed by atoms with E-state index in [-0.39, 0.29) is 11.5 Å². The minimum atomic E-state index is -1.43. The van der Waals surface area contributed by atoms with E-state index in [1.807, 2.05) is 6.92 Å². The lowest BCUT2D eigenvalue weighted by Gasteiger charge is -2.24. The SMILES string of the molecule is CCOC(=O)CC(C#C[Si](C)(C)C)[Si](C)(C)C. The minimum absolute atomic E-state index is 0.107. The first-order valence-corrected chi connectivity index (χ1v) is 13.3. The van der Waals surface area contributed by atoms with Crippen LogP contribution in [0.15, 0.2) is 0 Å². The Balaban J connectivity index is 4.78. The molecule has 1 unspecified atom stereocenters. The standard InChI is InChI=1S/C13H26O2Si2/c1-8-15-13(14)11-12(17(5,6)7)9-10-16(2,3)4/h12H,8,11H2,1-7H3. The largest absolute Gasteiger partial charge is 0.466 e. The summed E-state index contributed by atoms with van der Waals surface area (Å²) in [4.78, 5) is 11.6. The molecule has 0 bridgehead atoms. The quantitative estimate of drug-likeness (QED) is 0.444. The van der Waals surface area contributed by atoms with E-state index >= 15 is 0 Å². The smallest absolute Gasteiger partial charge is 0.306 e. The zero-order valence-electron chi connectivity index (χ0n) is 12.3. The van der Waals surface area contributed by atoms with Gasteiger partial charge in [0.15, 0.2) is 0 Å². The van der Waals surface area contributed by atoms with Crippen molar-refractivity contribution < 1.29 is 9.53 Å². The molecule has 98 valence electrons. The number of hydrogen-bond acceptors (Lipinski definition) is 2. The monoisotopic (exact) mass is 270 g/mol. The van der Waals surface area contributed by atoms with Gasteiger partial charge in [0.1, 0.15) is 8.07 Å². The van der Waals surface area contributed by atoms with Crippen molar-refractivity contribution in [3.8, 4) is 11.5 Å². The van der Waals surface area contributed by atoms with Crippen LogP contribution < -0.4 is 0 Å². The number of carbonyl (C=O) groups excluding carboxylic acids is 1. The fourth-order valence-corrected chi connectivity index (χ4v) is 3.30. The Kier molecular flexibility index (Phi) is 6.21. The fraction of sp³-hybridized carbons (Fsp3) is 0.769. The van der Waals surface area contributed by atoms with E-state index < -0.39 is 16.1 Å². The van der Waals surface area contributed by atoms with Gasteiger partial charge in [0, 0.05) is 5.54 Å². The van der Waals surface area contributed by atoms with Crippen LogP contribution in [0.25, 0.3) is 0 Å². The lowest BCUT2D eigenvalue weighted by Crippen LogP contribution is -2.30. The summed E-state index contributed by atoms with van der Waals surface area (Å²) in [7, 11) is -2.79. The third kappa shape index (κ3) is 8.22. The summed E-state index contributed by atoms with van der Waals surface area (Å²) in [5, 5.41) is 0. The normalized spacial score (nSPS) is 13.6. The van der Waals surface area contributed by atoms with Crippen molar-refractivity contribution >= 4 is 22.1 Å². The molecule has 4 heteroatoms. The van der Waals surface area contributed by atoms with Crippen LogP contribution in [-0.4, -0.2) is 28.7 Å². The van der Waals surface area contributed by atoms with Gasteiger partial charge < -0.3 is 4.74 Å². The minimum Gasteiger partial charge on any atom is -0.466 e. The second kappa shape index (κ2) is 6.41. The van der Waals surface area contributed by atoms with Crippen molar-refractivity contribution in [3.05, 3.63) is 0 Å². The first kappa shape index (κ1) is 16.5. The molecule has 0 heterocycles. The van der Waals surface area contributed by atoms with Gasteiger partial charge in [-0.3, -0.25) is 4.79 Å². The van der Waals surface area contributed by atoms with Gasteiger partial charge >= 0.3 is 5.97 Å². The Morgan fingerprint density at radius 1 is 1.18 bits per heavy atom. The number of ether oxygens (including phenoxy) is 1. The molecule has 0 amide bonds. The molecule has 0 aromatic rings. The highest BCUT2D eigenvalue weighted by atomic mass is 28.3. The van der Waals surface area contributed by atoms with Crippen LogP contribution in [0.1, 0.15) is 13.3 Å². The lowest BCUT2D eigenvalue weighted by molar-refractivity contribution is -0.142. The van der Waals surface area contributed by atoms with Crippen molar-refractivity contribution in [2.24, 2.45) is 0 Å². The second-order valence-corrected chi connectivity index (χ2v) is 16.6. The van der Waals surface area contributed by atoms with Gasteiger partial charge in [-0.15, -0.1) is 11.5 Å². The Labute approximate surface area is 108 Å². The molecular formula is C13H26O2Si2. The zero-order valence-corrected chi connectivity index (χ0v) is 14.3. The summed E-state index contributed by atoms with van der Waals surface area (Å²) in [6.45, 7) is 15.8. The third-order valence-electron chi connectivity index (χ3n) is 2.34. The maximum Gasteiger partial charge on any atom is 0.306 e. The molecule has 0 saturated heterocycles. The Bertz CT molecular complexity index is 313. The van der Waals surface area contributed by atoms with Gasteiger partial charge in [-0.25, -0.2) is 0 Å². The van der Waals surface area contributed by atoms with E-state index in [4.69, 9.17) is 4.74 Å². The van der Waals surface area contributed by atoms with Crippen LogP contribution in [0.2, 0.25) is 44.8 Å². The number of rotatable bonds is 4. The Hall–Kier alpha value is -0.536. The maximum atomic E-state index is 11.6. The van der Waals surface area contributed by atoms with Gasteiger partial charge in [0.05, 0.1) is 21.1 Å². The van der Waals surface area contributed by atoms with Crippen molar-refractivity contribution in [1.82, 2.24) is 0 Å². The first-order valence-electron chi connectivity index (χ1n) is 6.24. The van der Waals surface area contributed by atoms with Gasteiger partial charge in [-0.1, -0.05) is 39.3 Å². The number of esters is 1. The van der Waals surface area contributed by atoms with E-state index in [0.717, 1.165) is 0 Å². The van der Waals surface area contributed by atoms with Crippen LogP contribution in [0.4, 0.5) is 0 Å². The van der Waals surface area contributed by atoms with Crippen LogP contribution in [0.3, 0.4) is 0 Å². The molecule has 0 aliphatic rings. The summed E-state index contributed by atoms with van der Waals surface area (Å²) < 4.78 is 5.03. The summed E-state index contributed by atoms with van der Waals surface area (Å²) >= 11 is 0. The van der Waals surface area contributed by atoms with Gasteiger partial charge in [-0.2, -0.15) is 0 Å². The predicted octanol–water partition coefficient (Wildman–Crippen LogP) is 3.53. The Morgan fingerprint density at radius 3 is 2.06 bits per heavy atom. The van der Waals surface area contributed by atoms with Crippen molar-refractivity contribution in [2.45, 2.75) is 58.2 Å². The molecule has 0 aromatic heterocycles. The molecule has 0 radical (unpaired) electrons. The topological polar surface area (TPSA) is 26.3 Å². The molecule has 0 aromatic carbocycles. The van der Waals surface area contributed by atoms with Crippen molar-refractivity contribution in [1.29, 1.82) is 0 Å². The van der Waals surface area contributed by atoms with E-state index in [2.05, 4.69) is 50.7 Å². The molecule has 0 spiro atoms. The first-order chi connectivity index (χ1) is 7.56. The van der Waals surface area contributed by atoms with Gasteiger partial charge in [-0.05, 0) is 6.92 Å². The van der Waals surface area contributed by atoms with Crippen molar-refractivity contribution in [3.63, 3.8) is 0 Å². The van der Waals surface area contributed by atoms with Crippen LogP contribution in [0, 0.1) is 11.5 Å². The maximum absolute atomic E-state index is 11.6. The Morgan fingerprint density at radius 2 is 1.71 bits per heavy atom. The fourth-order valence-electron chi connectivity index (χ4n) is 1.26.